The molecule has 0 amide bonds. The molecule has 0 aliphatic carbocycles. The molecular weight excluding hydrogens is 318 g/mol. The molecule has 0 unspecified atom stereocenters. The molecule has 1 heterocycles. The summed E-state index contributed by atoms with van der Waals surface area (Å²) in [5.41, 5.74) is 1.32. The zero-order chi connectivity index (χ0) is 14.2. The molecule has 1 aliphatic rings. The van der Waals surface area contributed by atoms with Crippen molar-refractivity contribution < 1.29 is 9.47 Å². The number of fused-ring (bicyclic) bond motifs is 1. The van der Waals surface area contributed by atoms with Crippen LogP contribution in [0.15, 0.2) is 16.6 Å². The molecule has 0 spiro atoms. The molecule has 4 heteroatoms. The van der Waals surface area contributed by atoms with E-state index < -0.39 is 0 Å². The van der Waals surface area contributed by atoms with Gasteiger partial charge in [0.25, 0.3) is 0 Å². The van der Waals surface area contributed by atoms with E-state index in [1.54, 1.807) is 0 Å². The van der Waals surface area contributed by atoms with E-state index in [4.69, 9.17) is 9.47 Å². The van der Waals surface area contributed by atoms with Crippen LogP contribution in [0, 0.1) is 0 Å². The SMILES string of the molecule is CCNCCCCCc1cc2c(cc1Br)OCCCO2. The Balaban J connectivity index is 1.86. The van der Waals surface area contributed by atoms with Crippen molar-refractivity contribution in [3.05, 3.63) is 22.2 Å². The van der Waals surface area contributed by atoms with Crippen LogP contribution in [0.5, 0.6) is 11.5 Å². The monoisotopic (exact) mass is 341 g/mol. The number of ether oxygens (including phenoxy) is 2. The Morgan fingerprint density at radius 2 is 1.85 bits per heavy atom. The molecule has 0 saturated heterocycles. The molecule has 0 aromatic heterocycles. The van der Waals surface area contributed by atoms with Crippen LogP contribution >= 0.6 is 15.9 Å². The molecular formula is C16H24BrNO2. The number of nitrogens with one attached hydrogen (secondary N) is 1. The smallest absolute Gasteiger partial charge is 0.162 e. The summed E-state index contributed by atoms with van der Waals surface area (Å²) in [6.07, 6.45) is 5.75. The van der Waals surface area contributed by atoms with Crippen molar-refractivity contribution in [1.29, 1.82) is 0 Å². The first-order valence-corrected chi connectivity index (χ1v) is 8.39. The summed E-state index contributed by atoms with van der Waals surface area (Å²) in [5, 5.41) is 3.36. The molecule has 3 nitrogen and oxygen atoms in total. The average Bonchev–Trinajstić information content (AvgIpc) is 2.67. The quantitative estimate of drug-likeness (QED) is 0.762. The van der Waals surface area contributed by atoms with Gasteiger partial charge in [-0.2, -0.15) is 0 Å². The van der Waals surface area contributed by atoms with Gasteiger partial charge in [0.05, 0.1) is 13.2 Å². The molecule has 0 bridgehead atoms. The van der Waals surface area contributed by atoms with Crippen LogP contribution in [-0.2, 0) is 6.42 Å². The van der Waals surface area contributed by atoms with E-state index >= 15 is 0 Å². The zero-order valence-corrected chi connectivity index (χ0v) is 13.8. The minimum Gasteiger partial charge on any atom is -0.490 e. The molecule has 112 valence electrons. The first-order valence-electron chi connectivity index (χ1n) is 7.60. The third-order valence-corrected chi connectivity index (χ3v) is 4.20. The lowest BCUT2D eigenvalue weighted by Gasteiger charge is -2.11. The van der Waals surface area contributed by atoms with Crippen LogP contribution in [0.1, 0.15) is 38.2 Å². The van der Waals surface area contributed by atoms with Gasteiger partial charge in [-0.25, -0.2) is 0 Å². The van der Waals surface area contributed by atoms with Crippen molar-refractivity contribution in [3.63, 3.8) is 0 Å². The summed E-state index contributed by atoms with van der Waals surface area (Å²) < 4.78 is 12.6. The van der Waals surface area contributed by atoms with Crippen LogP contribution in [0.25, 0.3) is 0 Å². The summed E-state index contributed by atoms with van der Waals surface area (Å²) in [6, 6.07) is 4.18. The Morgan fingerprint density at radius 3 is 2.60 bits per heavy atom. The lowest BCUT2D eigenvalue weighted by atomic mass is 10.1. The molecule has 1 aliphatic heterocycles. The number of hydrogen-bond donors (Lipinski definition) is 1. The Kier molecular flexibility index (Phi) is 6.67. The lowest BCUT2D eigenvalue weighted by Crippen LogP contribution is -2.13. The topological polar surface area (TPSA) is 30.5 Å². The highest BCUT2D eigenvalue weighted by Gasteiger charge is 2.13. The number of rotatable bonds is 7. The van der Waals surface area contributed by atoms with Crippen LogP contribution in [0.2, 0.25) is 0 Å². The van der Waals surface area contributed by atoms with Gasteiger partial charge in [0.15, 0.2) is 11.5 Å². The summed E-state index contributed by atoms with van der Waals surface area (Å²) in [4.78, 5) is 0. The van der Waals surface area contributed by atoms with Gasteiger partial charge < -0.3 is 14.8 Å². The maximum Gasteiger partial charge on any atom is 0.162 e. The Morgan fingerprint density at radius 1 is 1.10 bits per heavy atom. The number of aryl methyl sites for hydroxylation is 1. The third-order valence-electron chi connectivity index (χ3n) is 3.47. The van der Waals surface area contributed by atoms with Crippen molar-refractivity contribution in [1.82, 2.24) is 5.32 Å². The van der Waals surface area contributed by atoms with E-state index in [-0.39, 0.29) is 0 Å². The highest BCUT2D eigenvalue weighted by Crippen LogP contribution is 2.35. The van der Waals surface area contributed by atoms with Crippen LogP contribution in [-0.4, -0.2) is 26.3 Å². The molecule has 0 radical (unpaired) electrons. The lowest BCUT2D eigenvalue weighted by molar-refractivity contribution is 0.297. The second kappa shape index (κ2) is 8.53. The van der Waals surface area contributed by atoms with Gasteiger partial charge in [0, 0.05) is 10.9 Å². The molecule has 1 aromatic carbocycles. The van der Waals surface area contributed by atoms with Gasteiger partial charge in [-0.3, -0.25) is 0 Å². The van der Waals surface area contributed by atoms with Gasteiger partial charge in [-0.15, -0.1) is 0 Å². The normalized spacial score (nSPS) is 14.1. The Bertz CT molecular complexity index is 423. The Labute approximate surface area is 130 Å². The van der Waals surface area contributed by atoms with E-state index in [1.807, 2.05) is 0 Å². The fourth-order valence-corrected chi connectivity index (χ4v) is 2.86. The first kappa shape index (κ1) is 15.6. The minimum atomic E-state index is 0.739. The van der Waals surface area contributed by atoms with Crippen LogP contribution < -0.4 is 14.8 Å². The van der Waals surface area contributed by atoms with Crippen molar-refractivity contribution in [2.75, 3.05) is 26.3 Å². The Hall–Kier alpha value is -0.740. The second-order valence-electron chi connectivity index (χ2n) is 5.11. The van der Waals surface area contributed by atoms with E-state index in [2.05, 4.69) is 40.3 Å². The van der Waals surface area contributed by atoms with Gasteiger partial charge >= 0.3 is 0 Å². The third kappa shape index (κ3) is 4.67. The van der Waals surface area contributed by atoms with E-state index in [1.165, 1.54) is 24.8 Å². The largest absolute Gasteiger partial charge is 0.490 e. The first-order chi connectivity index (χ1) is 9.81. The van der Waals surface area contributed by atoms with Crippen LogP contribution in [0.4, 0.5) is 0 Å². The number of halogens is 1. The molecule has 0 atom stereocenters. The molecule has 1 N–H and O–H groups in total. The van der Waals surface area contributed by atoms with Crippen molar-refractivity contribution in [2.24, 2.45) is 0 Å². The highest BCUT2D eigenvalue weighted by atomic mass is 79.9. The van der Waals surface area contributed by atoms with Crippen molar-refractivity contribution in [2.45, 2.75) is 39.0 Å². The predicted octanol–water partition coefficient (Wildman–Crippen LogP) is 3.93. The standard InChI is InChI=1S/C16H24BrNO2/c1-2-18-8-5-3-4-7-13-11-15-16(12-14(13)17)20-10-6-9-19-15/h11-12,18H,2-10H2,1H3. The predicted molar refractivity (Wildman–Crippen MR) is 85.8 cm³/mol. The molecule has 0 fully saturated rings. The fourth-order valence-electron chi connectivity index (χ4n) is 2.34. The van der Waals surface area contributed by atoms with E-state index in [0.717, 1.165) is 55.1 Å². The maximum absolute atomic E-state index is 5.75. The van der Waals surface area contributed by atoms with Gasteiger partial charge in [0.1, 0.15) is 0 Å². The van der Waals surface area contributed by atoms with Gasteiger partial charge in [-0.1, -0.05) is 29.3 Å². The summed E-state index contributed by atoms with van der Waals surface area (Å²) in [7, 11) is 0. The summed E-state index contributed by atoms with van der Waals surface area (Å²) in [5.74, 6) is 1.76. The van der Waals surface area contributed by atoms with Gasteiger partial charge in [-0.05, 0) is 50.0 Å². The fraction of sp³-hybridized carbons (Fsp3) is 0.625. The number of unbranched alkanes of at least 4 members (excludes halogenated alkanes) is 2. The molecule has 2 rings (SSSR count). The zero-order valence-electron chi connectivity index (χ0n) is 12.2. The number of hydrogen-bond acceptors (Lipinski definition) is 3. The van der Waals surface area contributed by atoms with Crippen LogP contribution in [0.3, 0.4) is 0 Å². The minimum absolute atomic E-state index is 0.739. The maximum atomic E-state index is 5.75. The van der Waals surface area contributed by atoms with E-state index in [9.17, 15) is 0 Å². The molecule has 20 heavy (non-hydrogen) atoms. The van der Waals surface area contributed by atoms with Gasteiger partial charge in [0.2, 0.25) is 0 Å². The molecule has 1 aromatic rings. The van der Waals surface area contributed by atoms with E-state index in [0.29, 0.717) is 0 Å². The average molecular weight is 342 g/mol. The number of benzene rings is 1. The summed E-state index contributed by atoms with van der Waals surface area (Å²) >= 11 is 3.65. The van der Waals surface area contributed by atoms with Crippen molar-refractivity contribution >= 4 is 15.9 Å². The summed E-state index contributed by atoms with van der Waals surface area (Å²) in [6.45, 7) is 5.82. The molecule has 0 saturated carbocycles. The second-order valence-corrected chi connectivity index (χ2v) is 5.96. The highest BCUT2D eigenvalue weighted by molar-refractivity contribution is 9.10. The van der Waals surface area contributed by atoms with Crippen molar-refractivity contribution in [3.8, 4) is 11.5 Å².